The van der Waals surface area contributed by atoms with Crippen molar-refractivity contribution in [1.82, 2.24) is 4.98 Å². The van der Waals surface area contributed by atoms with Crippen molar-refractivity contribution in [3.05, 3.63) is 60.3 Å². The molecule has 2 N–H and O–H groups in total. The standard InChI is InChI=1S/C21H22N4O3/c1-26-11-12-28-18-8-10-19-15(13-18)3-9-20(24-19)21(25-22)14-23-16-4-6-17(27-2)7-5-16/h3-10,13-14H,11-12,22H2,1-2H3. The molecule has 144 valence electrons. The third kappa shape index (κ3) is 4.83. The van der Waals surface area contributed by atoms with Crippen LogP contribution >= 0.6 is 0 Å². The number of ether oxygens (including phenoxy) is 3. The molecule has 2 aromatic carbocycles. The van der Waals surface area contributed by atoms with Crippen LogP contribution < -0.4 is 15.3 Å². The maximum absolute atomic E-state index is 5.63. The Labute approximate surface area is 163 Å². The second-order valence-electron chi connectivity index (χ2n) is 5.86. The van der Waals surface area contributed by atoms with Crippen LogP contribution in [0.5, 0.6) is 11.5 Å². The predicted molar refractivity (Wildman–Crippen MR) is 111 cm³/mol. The molecule has 1 heterocycles. The monoisotopic (exact) mass is 378 g/mol. The Bertz CT molecular complexity index is 985. The number of aromatic nitrogens is 1. The molecule has 0 fully saturated rings. The lowest BCUT2D eigenvalue weighted by Crippen LogP contribution is -2.08. The number of nitrogens with two attached hydrogens (primary N) is 1. The Morgan fingerprint density at radius 3 is 2.50 bits per heavy atom. The minimum absolute atomic E-state index is 0.484. The van der Waals surface area contributed by atoms with E-state index in [2.05, 4.69) is 15.1 Å². The minimum Gasteiger partial charge on any atom is -0.497 e. The summed E-state index contributed by atoms with van der Waals surface area (Å²) in [5.41, 5.74) is 2.70. The highest BCUT2D eigenvalue weighted by Crippen LogP contribution is 2.21. The molecule has 0 radical (unpaired) electrons. The van der Waals surface area contributed by atoms with Gasteiger partial charge in [0.05, 0.1) is 36.8 Å². The molecule has 0 spiro atoms. The van der Waals surface area contributed by atoms with E-state index in [0.29, 0.717) is 24.6 Å². The summed E-state index contributed by atoms with van der Waals surface area (Å²) in [5.74, 6) is 7.10. The number of hydrogen-bond donors (Lipinski definition) is 1. The fourth-order valence-electron chi connectivity index (χ4n) is 2.55. The van der Waals surface area contributed by atoms with Crippen LogP contribution in [0.2, 0.25) is 0 Å². The van der Waals surface area contributed by atoms with Crippen LogP contribution in [0.1, 0.15) is 5.69 Å². The molecule has 0 unspecified atom stereocenters. The molecule has 0 saturated heterocycles. The lowest BCUT2D eigenvalue weighted by atomic mass is 10.1. The number of methoxy groups -OCH3 is 2. The van der Waals surface area contributed by atoms with Crippen molar-refractivity contribution in [3.8, 4) is 11.5 Å². The number of hydrazone groups is 1. The first kappa shape index (κ1) is 19.3. The third-order valence-electron chi connectivity index (χ3n) is 4.03. The van der Waals surface area contributed by atoms with Crippen LogP contribution in [-0.2, 0) is 4.74 Å². The van der Waals surface area contributed by atoms with Crippen molar-refractivity contribution in [2.75, 3.05) is 27.4 Å². The van der Waals surface area contributed by atoms with Gasteiger partial charge in [0.25, 0.3) is 0 Å². The molecular weight excluding hydrogens is 356 g/mol. The second-order valence-corrected chi connectivity index (χ2v) is 5.86. The fourth-order valence-corrected chi connectivity index (χ4v) is 2.55. The zero-order chi connectivity index (χ0) is 19.8. The first-order valence-electron chi connectivity index (χ1n) is 8.72. The lowest BCUT2D eigenvalue weighted by Gasteiger charge is -2.07. The summed E-state index contributed by atoms with van der Waals surface area (Å²) in [6.07, 6.45) is 1.60. The maximum atomic E-state index is 5.63. The smallest absolute Gasteiger partial charge is 0.127 e. The van der Waals surface area contributed by atoms with Crippen molar-refractivity contribution in [3.63, 3.8) is 0 Å². The van der Waals surface area contributed by atoms with Crippen LogP contribution in [0.3, 0.4) is 0 Å². The highest BCUT2D eigenvalue weighted by Gasteiger charge is 2.06. The molecule has 0 aliphatic carbocycles. The first-order chi connectivity index (χ1) is 13.7. The van der Waals surface area contributed by atoms with Crippen LogP contribution in [-0.4, -0.2) is 44.3 Å². The maximum Gasteiger partial charge on any atom is 0.127 e. The number of hydrogen-bond acceptors (Lipinski definition) is 7. The molecule has 0 aliphatic rings. The van der Waals surface area contributed by atoms with Gasteiger partial charge in [0.1, 0.15) is 23.8 Å². The van der Waals surface area contributed by atoms with Crippen molar-refractivity contribution >= 4 is 28.5 Å². The Morgan fingerprint density at radius 1 is 1.00 bits per heavy atom. The summed E-state index contributed by atoms with van der Waals surface area (Å²) >= 11 is 0. The highest BCUT2D eigenvalue weighted by molar-refractivity contribution is 6.38. The largest absolute Gasteiger partial charge is 0.497 e. The summed E-state index contributed by atoms with van der Waals surface area (Å²) in [7, 11) is 3.27. The summed E-state index contributed by atoms with van der Waals surface area (Å²) < 4.78 is 15.8. The highest BCUT2D eigenvalue weighted by atomic mass is 16.5. The summed E-state index contributed by atoms with van der Waals surface area (Å²) in [6.45, 7) is 1.04. The molecule has 0 aliphatic heterocycles. The van der Waals surface area contributed by atoms with E-state index in [0.717, 1.165) is 28.1 Å². The van der Waals surface area contributed by atoms with Crippen molar-refractivity contribution in [1.29, 1.82) is 0 Å². The molecule has 28 heavy (non-hydrogen) atoms. The Kier molecular flexibility index (Phi) is 6.54. The van der Waals surface area contributed by atoms with Gasteiger partial charge in [0, 0.05) is 12.5 Å². The SMILES string of the molecule is COCCOc1ccc2nc(C(C=Nc3ccc(OC)cc3)=NN)ccc2c1. The fraction of sp³-hybridized carbons (Fsp3) is 0.190. The van der Waals surface area contributed by atoms with Crippen LogP contribution in [0.4, 0.5) is 5.69 Å². The molecule has 1 aromatic heterocycles. The summed E-state index contributed by atoms with van der Waals surface area (Å²) in [4.78, 5) is 9.02. The topological polar surface area (TPSA) is 91.3 Å². The summed E-state index contributed by atoms with van der Waals surface area (Å²) in [6, 6.07) is 16.9. The molecule has 7 nitrogen and oxygen atoms in total. The molecule has 7 heteroatoms. The van der Waals surface area contributed by atoms with E-state index >= 15 is 0 Å². The van der Waals surface area contributed by atoms with Gasteiger partial charge < -0.3 is 20.1 Å². The van der Waals surface area contributed by atoms with E-state index in [4.69, 9.17) is 20.1 Å². The van der Waals surface area contributed by atoms with Gasteiger partial charge in [-0.2, -0.15) is 5.10 Å². The van der Waals surface area contributed by atoms with Crippen molar-refractivity contribution in [2.45, 2.75) is 0 Å². The van der Waals surface area contributed by atoms with Gasteiger partial charge in [-0.1, -0.05) is 6.07 Å². The molecular formula is C21H22N4O3. The number of benzene rings is 2. The van der Waals surface area contributed by atoms with Crippen LogP contribution in [0.25, 0.3) is 10.9 Å². The van der Waals surface area contributed by atoms with E-state index in [-0.39, 0.29) is 0 Å². The van der Waals surface area contributed by atoms with E-state index in [9.17, 15) is 0 Å². The van der Waals surface area contributed by atoms with E-state index in [1.807, 2.05) is 54.6 Å². The molecule has 0 amide bonds. The van der Waals surface area contributed by atoms with Gasteiger partial charge in [-0.25, -0.2) is 4.98 Å². The molecule has 3 aromatic rings. The number of pyridine rings is 1. The zero-order valence-electron chi connectivity index (χ0n) is 15.8. The van der Waals surface area contributed by atoms with Gasteiger partial charge in [-0.05, 0) is 48.5 Å². The van der Waals surface area contributed by atoms with Crippen molar-refractivity contribution in [2.24, 2.45) is 15.9 Å². The Hall–Kier alpha value is -3.45. The summed E-state index contributed by atoms with van der Waals surface area (Å²) in [5, 5.41) is 4.78. The first-order valence-corrected chi connectivity index (χ1v) is 8.72. The normalized spacial score (nSPS) is 11.9. The van der Waals surface area contributed by atoms with Gasteiger partial charge >= 0.3 is 0 Å². The Balaban J connectivity index is 1.78. The molecule has 0 bridgehead atoms. The van der Waals surface area contributed by atoms with Crippen molar-refractivity contribution < 1.29 is 14.2 Å². The average Bonchev–Trinajstić information content (AvgIpc) is 2.74. The van der Waals surface area contributed by atoms with Gasteiger partial charge in [-0.3, -0.25) is 4.99 Å². The predicted octanol–water partition coefficient (Wildman–Crippen LogP) is 3.33. The molecule has 3 rings (SSSR count). The zero-order valence-corrected chi connectivity index (χ0v) is 15.8. The van der Waals surface area contributed by atoms with Crippen LogP contribution in [0.15, 0.2) is 64.7 Å². The van der Waals surface area contributed by atoms with Gasteiger partial charge in [0.15, 0.2) is 0 Å². The molecule has 0 saturated carbocycles. The quantitative estimate of drug-likeness (QED) is 0.281. The number of aliphatic imine (C=N–C) groups is 1. The van der Waals surface area contributed by atoms with Gasteiger partial charge in [0.2, 0.25) is 0 Å². The van der Waals surface area contributed by atoms with E-state index in [1.165, 1.54) is 0 Å². The second kappa shape index (κ2) is 9.48. The number of rotatable bonds is 8. The van der Waals surface area contributed by atoms with E-state index in [1.54, 1.807) is 20.4 Å². The Morgan fingerprint density at radius 2 is 1.79 bits per heavy atom. The average molecular weight is 378 g/mol. The molecule has 0 atom stereocenters. The van der Waals surface area contributed by atoms with E-state index < -0.39 is 0 Å². The lowest BCUT2D eigenvalue weighted by molar-refractivity contribution is 0.146. The number of fused-ring (bicyclic) bond motifs is 1. The third-order valence-corrected chi connectivity index (χ3v) is 4.03. The number of nitrogens with zero attached hydrogens (tertiary/aromatic N) is 3. The minimum atomic E-state index is 0.484. The van der Waals surface area contributed by atoms with Crippen LogP contribution in [0, 0.1) is 0 Å². The van der Waals surface area contributed by atoms with Gasteiger partial charge in [-0.15, -0.1) is 0 Å².